The number of amides is 2. The Morgan fingerprint density at radius 2 is 1.72 bits per heavy atom. The van der Waals surface area contributed by atoms with E-state index in [1.807, 2.05) is 0 Å². The topological polar surface area (TPSA) is 103 Å². The molecule has 2 amide bonds. The van der Waals surface area contributed by atoms with E-state index in [-0.39, 0.29) is 26.3 Å². The summed E-state index contributed by atoms with van der Waals surface area (Å²) in [7, 11) is 0. The Hall–Kier alpha value is -1.99. The van der Waals surface area contributed by atoms with Crippen molar-refractivity contribution in [3.05, 3.63) is 24.5 Å². The van der Waals surface area contributed by atoms with Gasteiger partial charge in [0.05, 0.1) is 13.2 Å². The number of aliphatic hydroxyl groups is 2. The first kappa shape index (κ1) is 14.1. The molecule has 0 bridgehead atoms. The van der Waals surface area contributed by atoms with Gasteiger partial charge in [-0.3, -0.25) is 14.6 Å². The summed E-state index contributed by atoms with van der Waals surface area (Å²) in [5.41, 5.74) is 0.455. The zero-order valence-corrected chi connectivity index (χ0v) is 9.74. The molecule has 0 radical (unpaired) electrons. The van der Waals surface area contributed by atoms with Crippen molar-refractivity contribution in [2.24, 2.45) is 0 Å². The lowest BCUT2D eigenvalue weighted by atomic mass is 10.3. The highest BCUT2D eigenvalue weighted by atomic mass is 16.3. The minimum Gasteiger partial charge on any atom is -0.395 e. The average Bonchev–Trinajstić information content (AvgIpc) is 2.39. The van der Waals surface area contributed by atoms with Crippen LogP contribution in [0.2, 0.25) is 0 Å². The van der Waals surface area contributed by atoms with Crippen molar-refractivity contribution in [2.45, 2.75) is 0 Å². The predicted octanol–water partition coefficient (Wildman–Crippen LogP) is -1.17. The molecule has 0 aromatic carbocycles. The van der Waals surface area contributed by atoms with Crippen molar-refractivity contribution in [1.29, 1.82) is 0 Å². The van der Waals surface area contributed by atoms with Crippen LogP contribution < -0.4 is 5.32 Å². The Morgan fingerprint density at radius 3 is 2.22 bits per heavy atom. The zero-order chi connectivity index (χ0) is 13.4. The van der Waals surface area contributed by atoms with Crippen LogP contribution in [0.4, 0.5) is 5.69 Å². The van der Waals surface area contributed by atoms with Gasteiger partial charge in [0.15, 0.2) is 0 Å². The van der Waals surface area contributed by atoms with Crippen LogP contribution in [0.5, 0.6) is 0 Å². The molecule has 1 aromatic rings. The van der Waals surface area contributed by atoms with E-state index in [0.29, 0.717) is 5.69 Å². The fourth-order valence-electron chi connectivity index (χ4n) is 1.32. The van der Waals surface area contributed by atoms with Gasteiger partial charge >= 0.3 is 11.8 Å². The largest absolute Gasteiger partial charge is 0.395 e. The Morgan fingerprint density at radius 1 is 1.17 bits per heavy atom. The summed E-state index contributed by atoms with van der Waals surface area (Å²) in [6, 6.07) is 3.10. The van der Waals surface area contributed by atoms with E-state index in [1.165, 1.54) is 12.4 Å². The number of carbonyl (C=O) groups excluding carboxylic acids is 2. The normalized spacial score (nSPS) is 9.89. The number of hydrogen-bond acceptors (Lipinski definition) is 5. The third kappa shape index (κ3) is 4.11. The molecule has 0 atom stereocenters. The first-order valence-corrected chi connectivity index (χ1v) is 5.41. The van der Waals surface area contributed by atoms with Gasteiger partial charge in [0.25, 0.3) is 0 Å². The van der Waals surface area contributed by atoms with Gasteiger partial charge in [-0.05, 0) is 12.1 Å². The zero-order valence-electron chi connectivity index (χ0n) is 9.74. The molecule has 0 aliphatic carbocycles. The van der Waals surface area contributed by atoms with E-state index in [2.05, 4.69) is 10.3 Å². The average molecular weight is 253 g/mol. The molecule has 1 rings (SSSR count). The second-order valence-corrected chi connectivity index (χ2v) is 3.43. The van der Waals surface area contributed by atoms with Crippen LogP contribution in [-0.2, 0) is 9.59 Å². The van der Waals surface area contributed by atoms with Gasteiger partial charge in [-0.15, -0.1) is 0 Å². The van der Waals surface area contributed by atoms with Crippen LogP contribution in [0.15, 0.2) is 24.5 Å². The summed E-state index contributed by atoms with van der Waals surface area (Å²) < 4.78 is 0. The minimum atomic E-state index is -0.817. The SMILES string of the molecule is O=C(Nc1ccncc1)C(=O)N(CCO)CCO. The van der Waals surface area contributed by atoms with E-state index in [0.717, 1.165) is 4.90 Å². The Balaban J connectivity index is 2.62. The molecule has 7 nitrogen and oxygen atoms in total. The van der Waals surface area contributed by atoms with Gasteiger partial charge in [0.1, 0.15) is 0 Å². The van der Waals surface area contributed by atoms with Crippen molar-refractivity contribution in [2.75, 3.05) is 31.6 Å². The maximum Gasteiger partial charge on any atom is 0.313 e. The van der Waals surface area contributed by atoms with Crippen LogP contribution in [0.3, 0.4) is 0 Å². The van der Waals surface area contributed by atoms with Crippen molar-refractivity contribution in [3.8, 4) is 0 Å². The second kappa shape index (κ2) is 7.36. The number of nitrogens with zero attached hydrogens (tertiary/aromatic N) is 2. The van der Waals surface area contributed by atoms with Crippen molar-refractivity contribution in [3.63, 3.8) is 0 Å². The number of aliphatic hydroxyl groups excluding tert-OH is 2. The molecule has 18 heavy (non-hydrogen) atoms. The highest BCUT2D eigenvalue weighted by Crippen LogP contribution is 2.03. The summed E-state index contributed by atoms with van der Waals surface area (Å²) in [6.45, 7) is -0.533. The number of anilines is 1. The van der Waals surface area contributed by atoms with E-state index in [1.54, 1.807) is 12.1 Å². The number of hydrogen-bond donors (Lipinski definition) is 3. The maximum absolute atomic E-state index is 11.7. The summed E-state index contributed by atoms with van der Waals surface area (Å²) in [5.74, 6) is -1.61. The molecule has 1 aromatic heterocycles. The number of nitrogens with one attached hydrogen (secondary N) is 1. The molecule has 0 saturated carbocycles. The lowest BCUT2D eigenvalue weighted by molar-refractivity contribution is -0.143. The van der Waals surface area contributed by atoms with Crippen molar-refractivity contribution < 1.29 is 19.8 Å². The first-order valence-electron chi connectivity index (χ1n) is 5.41. The highest BCUT2D eigenvalue weighted by Gasteiger charge is 2.20. The molecular weight excluding hydrogens is 238 g/mol. The van der Waals surface area contributed by atoms with Crippen LogP contribution in [-0.4, -0.2) is 58.2 Å². The van der Waals surface area contributed by atoms with E-state index < -0.39 is 11.8 Å². The third-order valence-electron chi connectivity index (χ3n) is 2.16. The van der Waals surface area contributed by atoms with Crippen LogP contribution in [0.25, 0.3) is 0 Å². The van der Waals surface area contributed by atoms with Crippen LogP contribution in [0, 0.1) is 0 Å². The number of pyridine rings is 1. The van der Waals surface area contributed by atoms with Gasteiger partial charge in [0, 0.05) is 31.2 Å². The van der Waals surface area contributed by atoms with Gasteiger partial charge in [-0.1, -0.05) is 0 Å². The third-order valence-corrected chi connectivity index (χ3v) is 2.16. The number of carbonyl (C=O) groups is 2. The minimum absolute atomic E-state index is 0.00313. The molecular formula is C11H15N3O4. The molecule has 1 heterocycles. The summed E-state index contributed by atoms with van der Waals surface area (Å²) in [4.78, 5) is 28.2. The molecule has 0 spiro atoms. The Kier molecular flexibility index (Phi) is 5.75. The number of aromatic nitrogens is 1. The van der Waals surface area contributed by atoms with E-state index in [9.17, 15) is 9.59 Å². The molecule has 0 fully saturated rings. The Bertz CT molecular complexity index is 391. The van der Waals surface area contributed by atoms with Gasteiger partial charge < -0.3 is 20.4 Å². The van der Waals surface area contributed by atoms with Gasteiger partial charge in [-0.2, -0.15) is 0 Å². The quantitative estimate of drug-likeness (QED) is 0.574. The molecule has 0 saturated heterocycles. The summed E-state index contributed by atoms with van der Waals surface area (Å²) in [5, 5.41) is 19.9. The lowest BCUT2D eigenvalue weighted by Gasteiger charge is -2.19. The fourth-order valence-corrected chi connectivity index (χ4v) is 1.32. The van der Waals surface area contributed by atoms with Gasteiger partial charge in [-0.25, -0.2) is 0 Å². The summed E-state index contributed by atoms with van der Waals surface area (Å²) in [6.07, 6.45) is 2.97. The fraction of sp³-hybridized carbons (Fsp3) is 0.364. The molecule has 0 aliphatic heterocycles. The van der Waals surface area contributed by atoms with E-state index in [4.69, 9.17) is 10.2 Å². The van der Waals surface area contributed by atoms with Gasteiger partial charge in [0.2, 0.25) is 0 Å². The Labute approximate surface area is 104 Å². The molecule has 98 valence electrons. The monoisotopic (exact) mass is 253 g/mol. The molecule has 7 heteroatoms. The predicted molar refractivity (Wildman–Crippen MR) is 63.6 cm³/mol. The molecule has 3 N–H and O–H groups in total. The smallest absolute Gasteiger partial charge is 0.313 e. The standard InChI is InChI=1S/C11H15N3O4/c15-7-5-14(6-8-16)11(18)10(17)13-9-1-3-12-4-2-9/h1-4,15-16H,5-8H2,(H,12,13,17). The lowest BCUT2D eigenvalue weighted by Crippen LogP contribution is -2.42. The van der Waals surface area contributed by atoms with Crippen LogP contribution >= 0.6 is 0 Å². The number of rotatable bonds is 5. The molecule has 0 unspecified atom stereocenters. The van der Waals surface area contributed by atoms with E-state index >= 15 is 0 Å². The second-order valence-electron chi connectivity index (χ2n) is 3.43. The molecule has 0 aliphatic rings. The van der Waals surface area contributed by atoms with Crippen molar-refractivity contribution >= 4 is 17.5 Å². The maximum atomic E-state index is 11.7. The summed E-state index contributed by atoms with van der Waals surface area (Å²) >= 11 is 0. The van der Waals surface area contributed by atoms with Crippen LogP contribution in [0.1, 0.15) is 0 Å². The van der Waals surface area contributed by atoms with Crippen molar-refractivity contribution in [1.82, 2.24) is 9.88 Å². The first-order chi connectivity index (χ1) is 8.69. The highest BCUT2D eigenvalue weighted by molar-refractivity contribution is 6.39.